The van der Waals surface area contributed by atoms with E-state index in [2.05, 4.69) is 20.7 Å². The molecule has 1 aliphatic rings. The first-order chi connectivity index (χ1) is 12.7. The monoisotopic (exact) mass is 351 g/mol. The van der Waals surface area contributed by atoms with Crippen LogP contribution in [-0.2, 0) is 11.3 Å². The molecular weight excluding hydrogens is 334 g/mol. The van der Waals surface area contributed by atoms with Crippen LogP contribution in [0.4, 0.5) is 0 Å². The van der Waals surface area contributed by atoms with Gasteiger partial charge in [-0.15, -0.1) is 10.2 Å². The number of carbonyl (C=O) groups excluding carboxylic acids is 1. The smallest absolute Gasteiger partial charge is 0.244 e. The number of aromatic nitrogens is 4. The topological polar surface area (TPSA) is 91.2 Å². The lowest BCUT2D eigenvalue weighted by atomic mass is 10.1. The zero-order valence-corrected chi connectivity index (χ0v) is 14.1. The maximum atomic E-state index is 12.3. The van der Waals surface area contributed by atoms with Gasteiger partial charge in [0.1, 0.15) is 6.54 Å². The van der Waals surface area contributed by atoms with E-state index >= 15 is 0 Å². The minimum Gasteiger partial charge on any atom is -0.454 e. The summed E-state index contributed by atoms with van der Waals surface area (Å²) in [5.41, 5.74) is 1.78. The van der Waals surface area contributed by atoms with Crippen molar-refractivity contribution in [1.82, 2.24) is 25.5 Å². The Balaban J connectivity index is 1.39. The van der Waals surface area contributed by atoms with Crippen LogP contribution in [0.3, 0.4) is 0 Å². The highest BCUT2D eigenvalue weighted by Crippen LogP contribution is 2.34. The molecule has 132 valence electrons. The van der Waals surface area contributed by atoms with Crippen molar-refractivity contribution in [1.29, 1.82) is 0 Å². The van der Waals surface area contributed by atoms with Gasteiger partial charge in [0.2, 0.25) is 18.5 Å². The van der Waals surface area contributed by atoms with E-state index in [0.29, 0.717) is 17.3 Å². The van der Waals surface area contributed by atoms with Gasteiger partial charge in [-0.3, -0.25) is 4.79 Å². The first-order valence-corrected chi connectivity index (χ1v) is 8.21. The molecule has 0 saturated carbocycles. The van der Waals surface area contributed by atoms with Crippen LogP contribution in [-0.4, -0.2) is 32.9 Å². The standard InChI is InChI=1S/C18H17N5O3/c1-12(14-7-8-15-16(9-14)26-11-25-15)19-17(24)10-23-21-18(20-22-23)13-5-3-2-4-6-13/h2-9,12H,10-11H2,1H3,(H,19,24)/t12-/m1/s1. The summed E-state index contributed by atoms with van der Waals surface area (Å²) < 4.78 is 10.7. The molecule has 0 bridgehead atoms. The Morgan fingerprint density at radius 1 is 1.19 bits per heavy atom. The average molecular weight is 351 g/mol. The van der Waals surface area contributed by atoms with Crippen molar-refractivity contribution < 1.29 is 14.3 Å². The first-order valence-electron chi connectivity index (χ1n) is 8.21. The summed E-state index contributed by atoms with van der Waals surface area (Å²) in [5, 5.41) is 15.1. The largest absolute Gasteiger partial charge is 0.454 e. The zero-order valence-electron chi connectivity index (χ0n) is 14.1. The van der Waals surface area contributed by atoms with Crippen LogP contribution in [0.2, 0.25) is 0 Å². The number of hydrogen-bond donors (Lipinski definition) is 1. The van der Waals surface area contributed by atoms with Gasteiger partial charge >= 0.3 is 0 Å². The highest BCUT2D eigenvalue weighted by molar-refractivity contribution is 5.76. The fourth-order valence-corrected chi connectivity index (χ4v) is 2.69. The molecule has 2 heterocycles. The van der Waals surface area contributed by atoms with E-state index < -0.39 is 0 Å². The van der Waals surface area contributed by atoms with Crippen molar-refractivity contribution in [2.75, 3.05) is 6.79 Å². The molecule has 0 aliphatic carbocycles. The normalized spacial score (nSPS) is 13.4. The quantitative estimate of drug-likeness (QED) is 0.755. The number of ether oxygens (including phenoxy) is 2. The van der Waals surface area contributed by atoms with E-state index in [4.69, 9.17) is 9.47 Å². The number of nitrogens with zero attached hydrogens (tertiary/aromatic N) is 4. The predicted molar refractivity (Wildman–Crippen MR) is 92.4 cm³/mol. The summed E-state index contributed by atoms with van der Waals surface area (Å²) in [7, 11) is 0. The molecule has 26 heavy (non-hydrogen) atoms. The Morgan fingerprint density at radius 3 is 2.85 bits per heavy atom. The molecule has 0 saturated heterocycles. The maximum absolute atomic E-state index is 12.3. The minimum atomic E-state index is -0.202. The predicted octanol–water partition coefficient (Wildman–Crippen LogP) is 1.95. The van der Waals surface area contributed by atoms with Crippen LogP contribution in [0.15, 0.2) is 48.5 Å². The van der Waals surface area contributed by atoms with Crippen molar-refractivity contribution in [3.8, 4) is 22.9 Å². The molecule has 4 rings (SSSR count). The van der Waals surface area contributed by atoms with Gasteiger partial charge in [0.05, 0.1) is 6.04 Å². The van der Waals surface area contributed by atoms with Crippen LogP contribution in [0.25, 0.3) is 11.4 Å². The summed E-state index contributed by atoms with van der Waals surface area (Å²) in [6.45, 7) is 2.12. The Kier molecular flexibility index (Phi) is 4.22. The molecule has 1 aromatic heterocycles. The van der Waals surface area contributed by atoms with Crippen molar-refractivity contribution in [2.45, 2.75) is 19.5 Å². The summed E-state index contributed by atoms with van der Waals surface area (Å²) in [4.78, 5) is 13.6. The Hall–Kier alpha value is -3.42. The van der Waals surface area contributed by atoms with Gasteiger partial charge in [-0.05, 0) is 29.8 Å². The first kappa shape index (κ1) is 16.1. The maximum Gasteiger partial charge on any atom is 0.244 e. The van der Waals surface area contributed by atoms with Gasteiger partial charge in [-0.2, -0.15) is 4.80 Å². The minimum absolute atomic E-state index is 0.00523. The van der Waals surface area contributed by atoms with Gasteiger partial charge in [0.25, 0.3) is 0 Å². The molecule has 1 atom stereocenters. The van der Waals surface area contributed by atoms with Gasteiger partial charge in [0.15, 0.2) is 11.5 Å². The zero-order chi connectivity index (χ0) is 17.9. The molecule has 8 nitrogen and oxygen atoms in total. The molecular formula is C18H17N5O3. The number of carbonyl (C=O) groups is 1. The van der Waals surface area contributed by atoms with E-state index in [1.54, 1.807) is 0 Å². The Labute approximate surface area is 149 Å². The van der Waals surface area contributed by atoms with E-state index in [-0.39, 0.29) is 25.3 Å². The molecule has 0 unspecified atom stereocenters. The van der Waals surface area contributed by atoms with Crippen molar-refractivity contribution in [3.05, 3.63) is 54.1 Å². The SMILES string of the molecule is C[C@@H](NC(=O)Cn1nnc(-c2ccccc2)n1)c1ccc2c(c1)OCO2. The molecule has 1 aliphatic heterocycles. The molecule has 1 amide bonds. The fraction of sp³-hybridized carbons (Fsp3) is 0.222. The average Bonchev–Trinajstić information content (AvgIpc) is 3.30. The lowest BCUT2D eigenvalue weighted by Crippen LogP contribution is -2.30. The number of amides is 1. The Morgan fingerprint density at radius 2 is 2.00 bits per heavy atom. The van der Waals surface area contributed by atoms with Crippen LogP contribution >= 0.6 is 0 Å². The molecule has 0 spiro atoms. The van der Waals surface area contributed by atoms with Gasteiger partial charge in [-0.1, -0.05) is 36.4 Å². The lowest BCUT2D eigenvalue weighted by molar-refractivity contribution is -0.122. The number of nitrogens with one attached hydrogen (secondary N) is 1. The van der Waals surface area contributed by atoms with Crippen molar-refractivity contribution in [3.63, 3.8) is 0 Å². The summed E-state index contributed by atoms with van der Waals surface area (Å²) in [5.74, 6) is 1.69. The number of tetrazole rings is 1. The van der Waals surface area contributed by atoms with E-state index in [1.165, 1.54) is 4.80 Å². The summed E-state index contributed by atoms with van der Waals surface area (Å²) in [6, 6.07) is 14.9. The number of fused-ring (bicyclic) bond motifs is 1. The van der Waals surface area contributed by atoms with Crippen molar-refractivity contribution in [2.24, 2.45) is 0 Å². The second kappa shape index (κ2) is 6.83. The summed E-state index contributed by atoms with van der Waals surface area (Å²) in [6.07, 6.45) is 0. The van der Waals surface area contributed by atoms with E-state index in [0.717, 1.165) is 11.1 Å². The molecule has 0 fully saturated rings. The molecule has 0 radical (unpaired) electrons. The number of benzene rings is 2. The van der Waals surface area contributed by atoms with Crippen LogP contribution in [0.5, 0.6) is 11.5 Å². The molecule has 2 aromatic carbocycles. The highest BCUT2D eigenvalue weighted by atomic mass is 16.7. The lowest BCUT2D eigenvalue weighted by Gasteiger charge is -2.14. The second-order valence-electron chi connectivity index (χ2n) is 5.91. The third kappa shape index (κ3) is 3.34. The highest BCUT2D eigenvalue weighted by Gasteiger charge is 2.17. The van der Waals surface area contributed by atoms with Crippen LogP contribution < -0.4 is 14.8 Å². The molecule has 8 heteroatoms. The number of rotatable bonds is 5. The van der Waals surface area contributed by atoms with Crippen LogP contribution in [0.1, 0.15) is 18.5 Å². The third-order valence-corrected chi connectivity index (χ3v) is 4.04. The van der Waals surface area contributed by atoms with Crippen LogP contribution in [0, 0.1) is 0 Å². The van der Waals surface area contributed by atoms with Gasteiger partial charge < -0.3 is 14.8 Å². The van der Waals surface area contributed by atoms with E-state index in [1.807, 2.05) is 55.5 Å². The second-order valence-corrected chi connectivity index (χ2v) is 5.91. The number of hydrogen-bond acceptors (Lipinski definition) is 6. The van der Waals surface area contributed by atoms with Gasteiger partial charge in [-0.25, -0.2) is 0 Å². The summed E-state index contributed by atoms with van der Waals surface area (Å²) >= 11 is 0. The molecule has 3 aromatic rings. The fourth-order valence-electron chi connectivity index (χ4n) is 2.69. The van der Waals surface area contributed by atoms with Gasteiger partial charge in [0, 0.05) is 5.56 Å². The Bertz CT molecular complexity index is 926. The molecule has 1 N–H and O–H groups in total. The van der Waals surface area contributed by atoms with E-state index in [9.17, 15) is 4.79 Å². The van der Waals surface area contributed by atoms with Crippen molar-refractivity contribution >= 4 is 5.91 Å². The third-order valence-electron chi connectivity index (χ3n) is 4.04.